The van der Waals surface area contributed by atoms with Crippen molar-refractivity contribution in [2.75, 3.05) is 11.8 Å². The van der Waals surface area contributed by atoms with Crippen molar-refractivity contribution in [2.45, 2.75) is 24.9 Å². The van der Waals surface area contributed by atoms with Crippen LogP contribution in [0.5, 0.6) is 0 Å². The first-order valence-corrected chi connectivity index (χ1v) is 7.88. The third-order valence-corrected chi connectivity index (χ3v) is 4.77. The third kappa shape index (κ3) is 3.08. The molecule has 3 N–H and O–H groups in total. The predicted molar refractivity (Wildman–Crippen MR) is 71.4 cm³/mol. The summed E-state index contributed by atoms with van der Waals surface area (Å²) in [5.74, 6) is 0. The third-order valence-electron chi connectivity index (χ3n) is 2.31. The van der Waals surface area contributed by atoms with Crippen molar-refractivity contribution in [3.63, 3.8) is 0 Å². The number of nitrogens with zero attached hydrogens (tertiary/aromatic N) is 3. The van der Waals surface area contributed by atoms with E-state index >= 15 is 0 Å². The molecule has 0 aromatic carbocycles. The molecule has 0 bridgehead atoms. The highest BCUT2D eigenvalue weighted by molar-refractivity contribution is 7.92. The van der Waals surface area contributed by atoms with Crippen molar-refractivity contribution in [1.82, 2.24) is 25.7 Å². The van der Waals surface area contributed by atoms with E-state index < -0.39 is 10.0 Å². The summed E-state index contributed by atoms with van der Waals surface area (Å²) in [6.45, 7) is 2.34. The van der Waals surface area contributed by atoms with Gasteiger partial charge in [-0.1, -0.05) is 18.3 Å². The number of sulfonamides is 1. The van der Waals surface area contributed by atoms with Crippen molar-refractivity contribution in [1.29, 1.82) is 0 Å². The Bertz CT molecular complexity index is 647. The predicted octanol–water partition coefficient (Wildman–Crippen LogP) is 0.344. The summed E-state index contributed by atoms with van der Waals surface area (Å²) in [6.07, 6.45) is 2.19. The molecule has 2 heterocycles. The lowest BCUT2D eigenvalue weighted by Crippen LogP contribution is -2.17. The molecule has 0 radical (unpaired) electrons. The van der Waals surface area contributed by atoms with Gasteiger partial charge in [-0.2, -0.15) is 13.5 Å². The Kier molecular flexibility index (Phi) is 4.12. The minimum Gasteiger partial charge on any atom is -0.316 e. The Morgan fingerprint density at radius 1 is 1.42 bits per heavy atom. The molecule has 0 spiro atoms. The fourth-order valence-electron chi connectivity index (χ4n) is 1.45. The lowest BCUT2D eigenvalue weighted by Gasteiger charge is -2.04. The fraction of sp³-hybridized carbons (Fsp3) is 0.444. The van der Waals surface area contributed by atoms with E-state index in [2.05, 4.69) is 30.4 Å². The molecule has 0 aliphatic heterocycles. The molecule has 2 rings (SSSR count). The van der Waals surface area contributed by atoms with Gasteiger partial charge in [-0.3, -0.25) is 9.82 Å². The van der Waals surface area contributed by atoms with Gasteiger partial charge in [0.25, 0.3) is 10.0 Å². The van der Waals surface area contributed by atoms with Crippen molar-refractivity contribution in [3.8, 4) is 0 Å². The molecule has 0 aliphatic carbocycles. The van der Waals surface area contributed by atoms with E-state index in [1.165, 1.54) is 17.5 Å². The minimum atomic E-state index is -3.72. The van der Waals surface area contributed by atoms with Crippen molar-refractivity contribution in [3.05, 3.63) is 16.8 Å². The average molecular weight is 302 g/mol. The molecule has 104 valence electrons. The van der Waals surface area contributed by atoms with Gasteiger partial charge < -0.3 is 5.32 Å². The number of hydrogen-bond donors (Lipinski definition) is 3. The zero-order chi connectivity index (χ0) is 13.9. The standard InChI is InChI=1S/C9H14N6O2S2/c1-3-7-12-14-9(18-7)15-19(16,17)8-6(4-10-2)5-11-13-8/h5,10H,3-4H2,1-2H3,(H,11,13)(H,14,15). The second-order valence-electron chi connectivity index (χ2n) is 3.71. The van der Waals surface area contributed by atoms with E-state index in [9.17, 15) is 8.42 Å². The highest BCUT2D eigenvalue weighted by Gasteiger charge is 2.22. The zero-order valence-corrected chi connectivity index (χ0v) is 12.1. The Balaban J connectivity index is 2.24. The summed E-state index contributed by atoms with van der Waals surface area (Å²) < 4.78 is 26.8. The summed E-state index contributed by atoms with van der Waals surface area (Å²) in [5, 5.41) is 17.8. The van der Waals surface area contributed by atoms with Crippen LogP contribution in [0.3, 0.4) is 0 Å². The first kappa shape index (κ1) is 13.9. The molecule has 8 nitrogen and oxygen atoms in total. The highest BCUT2D eigenvalue weighted by Crippen LogP contribution is 2.20. The van der Waals surface area contributed by atoms with Gasteiger partial charge in [0, 0.05) is 12.1 Å². The van der Waals surface area contributed by atoms with Crippen LogP contribution in [0.15, 0.2) is 11.2 Å². The van der Waals surface area contributed by atoms with Gasteiger partial charge >= 0.3 is 0 Å². The zero-order valence-electron chi connectivity index (χ0n) is 10.5. The van der Waals surface area contributed by atoms with E-state index in [-0.39, 0.29) is 10.2 Å². The van der Waals surface area contributed by atoms with Crippen molar-refractivity contribution < 1.29 is 8.42 Å². The number of aryl methyl sites for hydroxylation is 1. The van der Waals surface area contributed by atoms with Crippen LogP contribution in [0.25, 0.3) is 0 Å². The molecule has 0 fully saturated rings. The van der Waals surface area contributed by atoms with E-state index in [4.69, 9.17) is 0 Å². The van der Waals surface area contributed by atoms with Crippen LogP contribution in [-0.2, 0) is 23.0 Å². The normalized spacial score (nSPS) is 11.7. The minimum absolute atomic E-state index is 0.0371. The lowest BCUT2D eigenvalue weighted by molar-refractivity contribution is 0.595. The first-order valence-electron chi connectivity index (χ1n) is 5.59. The number of nitrogens with one attached hydrogen (secondary N) is 3. The number of hydrogen-bond acceptors (Lipinski definition) is 7. The second-order valence-corrected chi connectivity index (χ2v) is 6.40. The number of rotatable bonds is 6. The van der Waals surface area contributed by atoms with Crippen LogP contribution in [-0.4, -0.2) is 35.9 Å². The van der Waals surface area contributed by atoms with Crippen LogP contribution >= 0.6 is 11.3 Å². The van der Waals surface area contributed by atoms with Gasteiger partial charge in [-0.15, -0.1) is 10.2 Å². The lowest BCUT2D eigenvalue weighted by atomic mass is 10.4. The number of aromatic amines is 1. The van der Waals surface area contributed by atoms with Gasteiger partial charge in [-0.25, -0.2) is 0 Å². The molecule has 0 unspecified atom stereocenters. The monoisotopic (exact) mass is 302 g/mol. The molecular weight excluding hydrogens is 288 g/mol. The van der Waals surface area contributed by atoms with Crippen molar-refractivity contribution >= 4 is 26.5 Å². The van der Waals surface area contributed by atoms with E-state index in [0.29, 0.717) is 18.5 Å². The summed E-state index contributed by atoms with van der Waals surface area (Å²) in [7, 11) is -1.99. The van der Waals surface area contributed by atoms with Crippen molar-refractivity contribution in [2.24, 2.45) is 0 Å². The molecule has 2 aromatic rings. The SMILES string of the molecule is CCc1nnc(NS(=O)(=O)c2[nH]ncc2CNC)s1. The molecule has 0 saturated heterocycles. The molecular formula is C9H14N6O2S2. The van der Waals surface area contributed by atoms with E-state index in [0.717, 1.165) is 5.01 Å². The van der Waals surface area contributed by atoms with Gasteiger partial charge in [-0.05, 0) is 13.5 Å². The maximum Gasteiger partial charge on any atom is 0.280 e. The molecule has 0 aliphatic rings. The highest BCUT2D eigenvalue weighted by atomic mass is 32.2. The largest absolute Gasteiger partial charge is 0.316 e. The summed E-state index contributed by atoms with van der Waals surface area (Å²) >= 11 is 1.21. The second kappa shape index (κ2) is 5.63. The number of anilines is 1. The van der Waals surface area contributed by atoms with Gasteiger partial charge in [0.05, 0.1) is 6.20 Å². The fourth-order valence-corrected chi connectivity index (χ4v) is 3.49. The topological polar surface area (TPSA) is 113 Å². The summed E-state index contributed by atoms with van der Waals surface area (Å²) in [5.41, 5.74) is 0.565. The Hall–Kier alpha value is -1.52. The molecule has 0 amide bonds. The quantitative estimate of drug-likeness (QED) is 0.709. The maximum absolute atomic E-state index is 12.2. The smallest absolute Gasteiger partial charge is 0.280 e. The average Bonchev–Trinajstić information content (AvgIpc) is 2.98. The van der Waals surface area contributed by atoms with Crippen LogP contribution < -0.4 is 10.0 Å². The number of H-pyrrole nitrogens is 1. The first-order chi connectivity index (χ1) is 9.06. The molecule has 0 atom stereocenters. The van der Waals surface area contributed by atoms with Gasteiger partial charge in [0.1, 0.15) is 5.01 Å². The Morgan fingerprint density at radius 3 is 2.84 bits per heavy atom. The summed E-state index contributed by atoms with van der Waals surface area (Å²) in [4.78, 5) is 0. The molecule has 0 saturated carbocycles. The summed E-state index contributed by atoms with van der Waals surface area (Å²) in [6, 6.07) is 0. The van der Waals surface area contributed by atoms with Crippen LogP contribution in [0.1, 0.15) is 17.5 Å². The molecule has 19 heavy (non-hydrogen) atoms. The van der Waals surface area contributed by atoms with Crippen LogP contribution in [0, 0.1) is 0 Å². The maximum atomic E-state index is 12.2. The van der Waals surface area contributed by atoms with Gasteiger partial charge in [0.15, 0.2) is 5.03 Å². The van der Waals surface area contributed by atoms with Crippen LogP contribution in [0.2, 0.25) is 0 Å². The van der Waals surface area contributed by atoms with E-state index in [1.54, 1.807) is 7.05 Å². The van der Waals surface area contributed by atoms with Crippen LogP contribution in [0.4, 0.5) is 5.13 Å². The van der Waals surface area contributed by atoms with Gasteiger partial charge in [0.2, 0.25) is 5.13 Å². The Morgan fingerprint density at radius 2 is 2.21 bits per heavy atom. The molecule has 2 aromatic heterocycles. The number of aromatic nitrogens is 4. The Labute approximate surface area is 114 Å². The molecule has 10 heteroatoms. The van der Waals surface area contributed by atoms with E-state index in [1.807, 2.05) is 6.92 Å².